The van der Waals surface area contributed by atoms with E-state index in [2.05, 4.69) is 243 Å². The first-order chi connectivity index (χ1) is 38.0. The molecule has 3 aromatic heterocycles. The maximum absolute atomic E-state index is 12.3. The molecule has 368 valence electrons. The van der Waals surface area contributed by atoms with Gasteiger partial charge in [-0.05, 0) is 122 Å². The van der Waals surface area contributed by atoms with Crippen LogP contribution >= 0.6 is 0 Å². The Bertz CT molecular complexity index is 4770. The lowest BCUT2D eigenvalue weighted by Crippen LogP contribution is -2.16. The molecule has 0 bridgehead atoms. The molecule has 6 nitrogen and oxygen atoms in total. The lowest BCUT2D eigenvalue weighted by atomic mass is 9.82. The van der Waals surface area contributed by atoms with E-state index in [0.717, 1.165) is 76.5 Å². The maximum atomic E-state index is 12.3. The van der Waals surface area contributed by atoms with Crippen molar-refractivity contribution in [2.45, 2.75) is 58.3 Å². The van der Waals surface area contributed by atoms with Crippen LogP contribution in [0.5, 0.6) is 0 Å². The second kappa shape index (κ2) is 16.0. The van der Waals surface area contributed by atoms with Gasteiger partial charge in [0.25, 0.3) is 0 Å². The average Bonchev–Trinajstić information content (AvgIpc) is 3.81. The first-order valence-electron chi connectivity index (χ1n) is 26.9. The third-order valence-corrected chi connectivity index (χ3v) is 17.7. The number of para-hydroxylation sites is 3. The lowest BCUT2D eigenvalue weighted by Gasteiger charge is -2.25. The number of aromatic nitrogens is 3. The summed E-state index contributed by atoms with van der Waals surface area (Å²) in [7, 11) is 0. The van der Waals surface area contributed by atoms with Gasteiger partial charge in [-0.2, -0.15) is 15.8 Å². The van der Waals surface area contributed by atoms with E-state index in [1.165, 1.54) is 50.1 Å². The molecule has 0 fully saturated rings. The van der Waals surface area contributed by atoms with Gasteiger partial charge in [-0.3, -0.25) is 0 Å². The highest BCUT2D eigenvalue weighted by Gasteiger charge is 2.39. The SMILES string of the molecule is CC(C)c1ccccc1-c1ccc2c(c1)c1ccccc1n2-c1c(C#N)c(-n2c3ccccc3c3cc4c(cc32)C(C)(C)c2ccccc2-4)c(C#N)c(-n2c3ccccc3c3cc4c(cc32)C(C)(C)c2ccccc2-4)c1C#N. The smallest absolute Gasteiger partial charge is 0.104 e. The molecule has 0 atom stereocenters. The number of rotatable bonds is 5. The summed E-state index contributed by atoms with van der Waals surface area (Å²) >= 11 is 0. The summed E-state index contributed by atoms with van der Waals surface area (Å²) < 4.78 is 6.45. The van der Waals surface area contributed by atoms with Gasteiger partial charge in [0.2, 0.25) is 0 Å². The van der Waals surface area contributed by atoms with Crippen molar-refractivity contribution in [2.75, 3.05) is 0 Å². The van der Waals surface area contributed by atoms with Crippen LogP contribution in [0.15, 0.2) is 188 Å². The van der Waals surface area contributed by atoms with E-state index in [0.29, 0.717) is 23.0 Å². The topological polar surface area (TPSA) is 86.2 Å². The molecule has 3 heterocycles. The fraction of sp³-hybridized carbons (Fsp3) is 0.125. The summed E-state index contributed by atoms with van der Waals surface area (Å²) in [6.07, 6.45) is 0. The van der Waals surface area contributed by atoms with E-state index < -0.39 is 0 Å². The largest absolute Gasteiger partial charge is 0.306 e. The second-order valence-electron chi connectivity index (χ2n) is 22.7. The molecular weight excluding hydrogens is 949 g/mol. The Morgan fingerprint density at radius 3 is 1.13 bits per heavy atom. The van der Waals surface area contributed by atoms with Crippen LogP contribution in [-0.2, 0) is 10.8 Å². The van der Waals surface area contributed by atoms with Crippen molar-refractivity contribution >= 4 is 65.4 Å². The van der Waals surface area contributed by atoms with Crippen LogP contribution in [0.3, 0.4) is 0 Å². The van der Waals surface area contributed by atoms with Crippen LogP contribution in [0.2, 0.25) is 0 Å². The third kappa shape index (κ3) is 5.83. The van der Waals surface area contributed by atoms with Crippen LogP contribution in [0, 0.1) is 34.0 Å². The van der Waals surface area contributed by atoms with E-state index >= 15 is 0 Å². The minimum atomic E-state index is -0.341. The van der Waals surface area contributed by atoms with E-state index in [1.807, 2.05) is 18.2 Å². The van der Waals surface area contributed by atoms with Crippen molar-refractivity contribution in [1.29, 1.82) is 15.8 Å². The van der Waals surface area contributed by atoms with E-state index in [-0.39, 0.29) is 27.5 Å². The first kappa shape index (κ1) is 45.5. The van der Waals surface area contributed by atoms with Crippen LogP contribution < -0.4 is 0 Å². The van der Waals surface area contributed by atoms with Gasteiger partial charge in [-0.15, -0.1) is 0 Å². The van der Waals surface area contributed by atoms with E-state index in [4.69, 9.17) is 0 Å². The van der Waals surface area contributed by atoms with E-state index in [1.54, 1.807) is 0 Å². The van der Waals surface area contributed by atoms with Gasteiger partial charge in [0.15, 0.2) is 0 Å². The summed E-state index contributed by atoms with van der Waals surface area (Å²) in [6.45, 7) is 13.6. The maximum Gasteiger partial charge on any atom is 0.104 e. The highest BCUT2D eigenvalue weighted by atomic mass is 15.1. The minimum absolute atomic E-state index is 0.229. The number of hydrogen-bond acceptors (Lipinski definition) is 3. The zero-order valence-corrected chi connectivity index (χ0v) is 44.2. The van der Waals surface area contributed by atoms with Crippen molar-refractivity contribution in [2.24, 2.45) is 0 Å². The summed E-state index contributed by atoms with van der Waals surface area (Å²) in [5.41, 5.74) is 19.6. The molecule has 78 heavy (non-hydrogen) atoms. The molecule has 0 amide bonds. The molecule has 2 aliphatic carbocycles. The average molecular weight is 999 g/mol. The second-order valence-corrected chi connectivity index (χ2v) is 22.7. The van der Waals surface area contributed by atoms with Gasteiger partial charge in [0.05, 0.1) is 50.2 Å². The number of fused-ring (bicyclic) bond motifs is 15. The fourth-order valence-corrected chi connectivity index (χ4v) is 14.2. The molecule has 0 N–H and O–H groups in total. The molecule has 6 heteroatoms. The van der Waals surface area contributed by atoms with Gasteiger partial charge >= 0.3 is 0 Å². The molecule has 0 aliphatic heterocycles. The zero-order chi connectivity index (χ0) is 53.1. The summed E-state index contributed by atoms with van der Waals surface area (Å²) in [4.78, 5) is 0. The molecule has 0 radical (unpaired) electrons. The first-order valence-corrected chi connectivity index (χ1v) is 26.9. The van der Waals surface area contributed by atoms with E-state index in [9.17, 15) is 15.8 Å². The van der Waals surface area contributed by atoms with Crippen molar-refractivity contribution in [3.63, 3.8) is 0 Å². The summed E-state index contributed by atoms with van der Waals surface area (Å²) in [5, 5.41) is 42.8. The Morgan fingerprint density at radius 2 is 0.692 bits per heavy atom. The lowest BCUT2D eigenvalue weighted by molar-refractivity contribution is 0.661. The molecule has 0 unspecified atom stereocenters. The Kier molecular flexibility index (Phi) is 9.35. The molecule has 0 spiro atoms. The Hall–Kier alpha value is -9.93. The highest BCUT2D eigenvalue weighted by molar-refractivity contribution is 6.16. The van der Waals surface area contributed by atoms with Gasteiger partial charge in [0, 0.05) is 43.1 Å². The molecule has 2 aliphatic rings. The number of benzene rings is 10. The van der Waals surface area contributed by atoms with Gasteiger partial charge in [0.1, 0.15) is 34.9 Å². The van der Waals surface area contributed by atoms with Gasteiger partial charge < -0.3 is 13.7 Å². The Morgan fingerprint density at radius 1 is 0.333 bits per heavy atom. The Labute approximate surface area is 452 Å². The quantitative estimate of drug-likeness (QED) is 0.172. The van der Waals surface area contributed by atoms with Gasteiger partial charge in [-0.25, -0.2) is 0 Å². The molecule has 0 saturated carbocycles. The Balaban J connectivity index is 1.14. The summed E-state index contributed by atoms with van der Waals surface area (Å²) in [6, 6.07) is 74.9. The van der Waals surface area contributed by atoms with Crippen molar-refractivity contribution in [1.82, 2.24) is 13.7 Å². The monoisotopic (exact) mass is 998 g/mol. The highest BCUT2D eigenvalue weighted by Crippen LogP contribution is 2.54. The number of hydrogen-bond donors (Lipinski definition) is 0. The predicted molar refractivity (Wildman–Crippen MR) is 318 cm³/mol. The summed E-state index contributed by atoms with van der Waals surface area (Å²) in [5.74, 6) is 0.303. The van der Waals surface area contributed by atoms with Crippen LogP contribution in [0.25, 0.3) is 116 Å². The molecule has 0 saturated heterocycles. The van der Waals surface area contributed by atoms with Crippen molar-refractivity contribution in [3.05, 3.63) is 233 Å². The number of nitrogens with zero attached hydrogens (tertiary/aromatic N) is 6. The molecule has 10 aromatic carbocycles. The predicted octanol–water partition coefficient (Wildman–Crippen LogP) is 18.0. The fourth-order valence-electron chi connectivity index (χ4n) is 14.2. The normalized spacial score (nSPS) is 13.8. The molecule has 15 rings (SSSR count). The van der Waals surface area contributed by atoms with Crippen molar-refractivity contribution < 1.29 is 0 Å². The van der Waals surface area contributed by atoms with Crippen LogP contribution in [0.1, 0.15) is 92.0 Å². The van der Waals surface area contributed by atoms with Crippen LogP contribution in [-0.4, -0.2) is 13.7 Å². The minimum Gasteiger partial charge on any atom is -0.306 e. The third-order valence-electron chi connectivity index (χ3n) is 17.7. The standard InChI is InChI=1S/C72H50N6/c1-41(2)43-19-7-8-20-44(43)42-31-32-65-52(33-42)47-23-11-16-28-62(47)76(65)68-55(38-73)69(77-63-29-17-12-24-48(63)53-34-50-45-21-9-14-26-58(45)71(3,4)60(50)36-66(53)77)57(40-75)70(56(68)39-74)78-64-30-18-13-25-49(64)54-35-51-46-22-10-15-27-59(46)72(5,6)61(51)37-67(54)78/h7-37,41H,1-6H3. The number of nitriles is 3. The van der Waals surface area contributed by atoms with Gasteiger partial charge in [-0.1, -0.05) is 175 Å². The van der Waals surface area contributed by atoms with Crippen LogP contribution in [0.4, 0.5) is 0 Å². The molecular formula is C72H50N6. The zero-order valence-electron chi connectivity index (χ0n) is 44.2. The van der Waals surface area contributed by atoms with Crippen molar-refractivity contribution in [3.8, 4) is 68.7 Å². The molecule has 13 aromatic rings.